The lowest BCUT2D eigenvalue weighted by Gasteiger charge is -2.40. The van der Waals surface area contributed by atoms with Crippen LogP contribution < -0.4 is 10.6 Å². The van der Waals surface area contributed by atoms with E-state index in [-0.39, 0.29) is 59.4 Å². The van der Waals surface area contributed by atoms with E-state index >= 15 is 0 Å². The molecule has 8 heterocycles. The molecule has 18 radical (unpaired) electrons. The van der Waals surface area contributed by atoms with Crippen molar-refractivity contribution in [2.45, 2.75) is 49.6 Å². The van der Waals surface area contributed by atoms with Gasteiger partial charge in [-0.15, -0.1) is 0 Å². The van der Waals surface area contributed by atoms with E-state index in [1.807, 2.05) is 0 Å². The molecule has 8 saturated heterocycles. The largest absolute Gasteiger partial charge is 0.471 e. The van der Waals surface area contributed by atoms with E-state index in [4.69, 9.17) is 53.4 Å². The minimum absolute atomic E-state index is 0.212. The van der Waals surface area contributed by atoms with Gasteiger partial charge in [-0.25, -0.2) is 9.59 Å². The Morgan fingerprint density at radius 3 is 1.28 bits per heavy atom. The summed E-state index contributed by atoms with van der Waals surface area (Å²) in [7, 11) is 47.7. The number of ether oxygens (including phenoxy) is 3. The molecule has 0 aromatic heterocycles. The molecule has 180 valence electrons. The van der Waals surface area contributed by atoms with Crippen molar-refractivity contribution in [1.82, 2.24) is 10.6 Å². The molecule has 8 rings (SSSR count). The lowest BCUT2D eigenvalue weighted by Crippen LogP contribution is -2.58. The first-order valence-electron chi connectivity index (χ1n) is 14.6. The van der Waals surface area contributed by atoms with Gasteiger partial charge in [0, 0.05) is 100 Å². The molecule has 8 aliphatic heterocycles. The van der Waals surface area contributed by atoms with Crippen LogP contribution in [0.5, 0.6) is 0 Å². The van der Waals surface area contributed by atoms with E-state index in [0.717, 1.165) is 0 Å². The van der Waals surface area contributed by atoms with Crippen LogP contribution in [0, 0.1) is 0 Å². The molecule has 2 N–H and O–H groups in total. The summed E-state index contributed by atoms with van der Waals surface area (Å²) in [6, 6.07) is 0. The van der Waals surface area contributed by atoms with Gasteiger partial charge in [-0.05, 0) is 0 Å². The highest BCUT2D eigenvalue weighted by Crippen LogP contribution is 2.75. The zero-order chi connectivity index (χ0) is 30.4. The number of nitrogens with one attached hydrogen (secondary N) is 2. The van der Waals surface area contributed by atoms with Gasteiger partial charge in [0.25, 0.3) is 0 Å². The van der Waals surface area contributed by atoms with E-state index in [9.17, 15) is 19.2 Å². The fourth-order valence-electron chi connectivity index (χ4n) is 7.54. The second-order valence-electron chi connectivity index (χ2n) is 13.6. The summed E-state index contributed by atoms with van der Waals surface area (Å²) in [5.74, 6) is -0.761. The Hall–Kier alpha value is -1.09. The second-order valence-corrected chi connectivity index (χ2v) is 13.6. The third kappa shape index (κ3) is 4.95. The van der Waals surface area contributed by atoms with E-state index in [0.29, 0.717) is 26.0 Å². The molecule has 0 bridgehead atoms. The standard InChI is InChI=1S/C15H11B19N2O7/c16-6(37)1-2-7(38)41-5(3-35-8(39)42-10(17,18)29(12-21-31(12)22-12)13-23-32(13)24-13)4-36-9(40)43-11(19,20)30(14-25-33(14)26-14)15-27-34(15)28-15/h5H,1-4H2,(H,35,39)(H,36,40). The molecule has 0 saturated carbocycles. The van der Waals surface area contributed by atoms with Gasteiger partial charge in [0.2, 0.25) is 0 Å². The first-order valence-corrected chi connectivity index (χ1v) is 14.6. The number of carbonyl (C=O) groups is 4. The number of amides is 2. The Balaban J connectivity index is 0.865. The average molecular weight is 537 g/mol. The van der Waals surface area contributed by atoms with Crippen molar-refractivity contribution in [1.29, 1.82) is 0 Å². The summed E-state index contributed by atoms with van der Waals surface area (Å²) in [6.07, 6.45) is -3.44. The Labute approximate surface area is 265 Å². The van der Waals surface area contributed by atoms with Crippen molar-refractivity contribution < 1.29 is 33.4 Å². The van der Waals surface area contributed by atoms with Gasteiger partial charge < -0.3 is 29.6 Å². The first-order chi connectivity index (χ1) is 20.2. The number of alkyl carbamates (subject to hydrolysis) is 2. The van der Waals surface area contributed by atoms with Crippen LogP contribution in [0.15, 0.2) is 0 Å². The fraction of sp³-hybridized carbons (Fsp3) is 0.733. The van der Waals surface area contributed by atoms with Gasteiger partial charge in [-0.3, -0.25) is 4.79 Å². The Kier molecular flexibility index (Phi) is 6.16. The molecule has 9 nitrogen and oxygen atoms in total. The molecule has 43 heavy (non-hydrogen) atoms. The van der Waals surface area contributed by atoms with Gasteiger partial charge >= 0.3 is 18.2 Å². The second kappa shape index (κ2) is 9.04. The molecular formula is C15H11B19N2O7. The smallest absolute Gasteiger partial charge is 0.405 e. The van der Waals surface area contributed by atoms with Crippen molar-refractivity contribution in [3.63, 3.8) is 0 Å². The molecule has 0 atom stereocenters. The van der Waals surface area contributed by atoms with Gasteiger partial charge in [0.1, 0.15) is 50.9 Å². The maximum atomic E-state index is 12.8. The predicted octanol–water partition coefficient (Wildman–Crippen LogP) is -7.65. The number of fused-ring (bicyclic) bond motifs is 4. The average Bonchev–Trinajstić information content (AvgIpc) is 3.61. The normalized spacial score (nSPS) is 23.1. The Bertz CT molecular complexity index is 1180. The molecule has 0 aromatic carbocycles. The van der Waals surface area contributed by atoms with Crippen LogP contribution in [0.3, 0.4) is 0 Å². The fourth-order valence-corrected chi connectivity index (χ4v) is 7.54. The van der Waals surface area contributed by atoms with E-state index in [1.54, 1.807) is 0 Å². The summed E-state index contributed by atoms with van der Waals surface area (Å²) < 4.78 is 16.4. The van der Waals surface area contributed by atoms with Crippen molar-refractivity contribution in [2.24, 2.45) is 0 Å². The zero-order valence-corrected chi connectivity index (χ0v) is 23.2. The minimum atomic E-state index is -1.76. The molecule has 0 unspecified atom stereocenters. The SMILES string of the molecule is [B]C(=O)CCC(=O)OC(CNC(=O)OC([B])([B])B(C12[B]B1[B]2)C12[B]B1[B]2)CNC(=O)OC([B])([B])B(C12[B]B1[B]2)C12[B]B1[B]2. The van der Waals surface area contributed by atoms with E-state index in [2.05, 4.69) is 68.0 Å². The number of esters is 1. The molecule has 28 heteroatoms. The van der Waals surface area contributed by atoms with Gasteiger partial charge in [-0.1, -0.05) is 0 Å². The summed E-state index contributed by atoms with van der Waals surface area (Å²) in [6.45, 7) is 0.152. The molecule has 0 aromatic rings. The molecular weight excluding hydrogens is 526 g/mol. The van der Waals surface area contributed by atoms with Crippen LogP contribution in [0.2, 0.25) is 20.0 Å². The number of carbonyl (C=O) groups excluding carboxylic acids is 4. The molecule has 8 fully saturated rings. The zero-order valence-electron chi connectivity index (χ0n) is 23.2. The van der Waals surface area contributed by atoms with Gasteiger partial charge in [0.05, 0.1) is 25.2 Å². The summed E-state index contributed by atoms with van der Waals surface area (Å²) in [5, 5.41) is 0.642. The number of hydrogen-bond acceptors (Lipinski definition) is 7. The van der Waals surface area contributed by atoms with Crippen molar-refractivity contribution in [2.75, 3.05) is 13.1 Å². The topological polar surface area (TPSA) is 120 Å². The van der Waals surface area contributed by atoms with E-state index in [1.165, 1.54) is 0 Å². The van der Waals surface area contributed by atoms with E-state index < -0.39 is 40.5 Å². The highest BCUT2D eigenvalue weighted by molar-refractivity contribution is 7.90. The monoisotopic (exact) mass is 540 g/mol. The highest BCUT2D eigenvalue weighted by Gasteiger charge is 2.88. The summed E-state index contributed by atoms with van der Waals surface area (Å²) in [4.78, 5) is 49.1. The minimum Gasteiger partial charge on any atom is -0.471 e. The van der Waals surface area contributed by atoms with Crippen LogP contribution in [0.25, 0.3) is 0 Å². The number of rotatable bonds is 16. The molecule has 8 aliphatic rings. The van der Waals surface area contributed by atoms with Crippen LogP contribution in [-0.2, 0) is 23.8 Å². The molecule has 0 spiro atoms. The third-order valence-corrected chi connectivity index (χ3v) is 10.4. The van der Waals surface area contributed by atoms with Crippen LogP contribution in [0.1, 0.15) is 12.8 Å². The lowest BCUT2D eigenvalue weighted by molar-refractivity contribution is -0.149. The predicted molar refractivity (Wildman–Crippen MR) is 179 cm³/mol. The van der Waals surface area contributed by atoms with Gasteiger partial charge in [0.15, 0.2) is 7.85 Å². The van der Waals surface area contributed by atoms with Crippen LogP contribution >= 0.6 is 0 Å². The van der Waals surface area contributed by atoms with Crippen molar-refractivity contribution in [3.05, 3.63) is 0 Å². The summed E-state index contributed by atoms with van der Waals surface area (Å²) in [5.41, 5.74) is -0.680. The first kappa shape index (κ1) is 29.3. The maximum Gasteiger partial charge on any atom is 0.405 e. The third-order valence-electron chi connectivity index (χ3n) is 10.4. The van der Waals surface area contributed by atoms with Crippen molar-refractivity contribution in [3.8, 4) is 0 Å². The Morgan fingerprint density at radius 1 is 0.674 bits per heavy atom. The number of hydrogen-bond donors (Lipinski definition) is 2. The van der Waals surface area contributed by atoms with Gasteiger partial charge in [-0.2, -0.15) is 20.0 Å². The lowest BCUT2D eigenvalue weighted by atomic mass is 9.07. The quantitative estimate of drug-likeness (QED) is 0.114. The molecule has 2 amide bonds. The van der Waals surface area contributed by atoms with Crippen molar-refractivity contribution >= 4 is 160 Å². The van der Waals surface area contributed by atoms with Crippen LogP contribution in [0.4, 0.5) is 9.59 Å². The highest BCUT2D eigenvalue weighted by atomic mass is 16.6. The molecule has 0 aliphatic carbocycles. The van der Waals surface area contributed by atoms with Crippen LogP contribution in [-0.4, -0.2) is 190 Å². The Morgan fingerprint density at radius 2 is 1.00 bits per heavy atom. The summed E-state index contributed by atoms with van der Waals surface area (Å²) >= 11 is 0. The maximum absolute atomic E-state index is 12.8.